The molecular weight excluding hydrogens is 312 g/mol. The Morgan fingerprint density at radius 2 is 2.17 bits per heavy atom. The molecule has 2 heterocycles. The van der Waals surface area contributed by atoms with Crippen LogP contribution in [-0.4, -0.2) is 31.6 Å². The number of piperidine rings is 1. The van der Waals surface area contributed by atoms with E-state index in [0.717, 1.165) is 42.7 Å². The molecule has 0 saturated carbocycles. The third kappa shape index (κ3) is 4.34. The van der Waals surface area contributed by atoms with Gasteiger partial charge in [-0.2, -0.15) is 0 Å². The molecule has 1 unspecified atom stereocenters. The maximum Gasteiger partial charge on any atom is 0.336 e. The molecule has 0 radical (unpaired) electrons. The summed E-state index contributed by atoms with van der Waals surface area (Å²) < 4.78 is 5.35. The summed E-state index contributed by atoms with van der Waals surface area (Å²) in [5, 5.41) is 4.33. The summed E-state index contributed by atoms with van der Waals surface area (Å²) in [6, 6.07) is 7.74. The lowest BCUT2D eigenvalue weighted by atomic mass is 9.97. The Morgan fingerprint density at radius 3 is 2.96 bits per heavy atom. The smallest absolute Gasteiger partial charge is 0.336 e. The average Bonchev–Trinajstić information content (AvgIpc) is 2.47. The monoisotopic (exact) mass is 336 g/mol. The number of benzene rings is 1. The third-order valence-electron chi connectivity index (χ3n) is 4.48. The first-order chi connectivity index (χ1) is 10.7. The van der Waals surface area contributed by atoms with E-state index in [1.807, 2.05) is 20.0 Å². The van der Waals surface area contributed by atoms with E-state index >= 15 is 0 Å². The predicted octanol–water partition coefficient (Wildman–Crippen LogP) is 2.95. The molecular formula is C18H25ClN2O2. The molecule has 5 heteroatoms. The topological polar surface area (TPSA) is 45.5 Å². The number of hydrogen-bond donors (Lipinski definition) is 1. The molecule has 3 rings (SSSR count). The number of nitrogens with zero attached hydrogens (tertiary/aromatic N) is 1. The van der Waals surface area contributed by atoms with Crippen molar-refractivity contribution in [2.45, 2.75) is 26.3 Å². The highest BCUT2D eigenvalue weighted by atomic mass is 35.5. The van der Waals surface area contributed by atoms with Gasteiger partial charge in [-0.3, -0.25) is 4.90 Å². The van der Waals surface area contributed by atoms with Crippen molar-refractivity contribution in [2.75, 3.05) is 26.7 Å². The predicted molar refractivity (Wildman–Crippen MR) is 96.4 cm³/mol. The van der Waals surface area contributed by atoms with Crippen LogP contribution in [0.5, 0.6) is 0 Å². The molecule has 1 saturated heterocycles. The third-order valence-corrected chi connectivity index (χ3v) is 4.48. The molecule has 4 nitrogen and oxygen atoms in total. The molecule has 0 amide bonds. The van der Waals surface area contributed by atoms with Gasteiger partial charge in [0.2, 0.25) is 0 Å². The Bertz CT molecular complexity index is 712. The minimum atomic E-state index is -0.253. The van der Waals surface area contributed by atoms with E-state index in [0.29, 0.717) is 11.5 Å². The van der Waals surface area contributed by atoms with Gasteiger partial charge in [-0.15, -0.1) is 12.4 Å². The second-order valence-electron chi connectivity index (χ2n) is 6.39. The maximum atomic E-state index is 11.8. The number of halogens is 1. The minimum Gasteiger partial charge on any atom is -0.423 e. The van der Waals surface area contributed by atoms with Crippen molar-refractivity contribution in [1.82, 2.24) is 10.2 Å². The van der Waals surface area contributed by atoms with Crippen LogP contribution in [0.1, 0.15) is 24.0 Å². The van der Waals surface area contributed by atoms with E-state index < -0.39 is 0 Å². The van der Waals surface area contributed by atoms with E-state index in [-0.39, 0.29) is 18.0 Å². The molecule has 126 valence electrons. The van der Waals surface area contributed by atoms with Crippen molar-refractivity contribution in [3.63, 3.8) is 0 Å². The van der Waals surface area contributed by atoms with Crippen molar-refractivity contribution in [3.8, 4) is 0 Å². The summed E-state index contributed by atoms with van der Waals surface area (Å²) in [4.78, 5) is 14.3. The Hall–Kier alpha value is -1.36. The van der Waals surface area contributed by atoms with Crippen LogP contribution in [0.4, 0.5) is 0 Å². The second-order valence-corrected chi connectivity index (χ2v) is 6.39. The van der Waals surface area contributed by atoms with Gasteiger partial charge in [0.25, 0.3) is 0 Å². The lowest BCUT2D eigenvalue weighted by molar-refractivity contribution is 0.167. The molecule has 1 aliphatic heterocycles. The lowest BCUT2D eigenvalue weighted by Gasteiger charge is -2.32. The van der Waals surface area contributed by atoms with Gasteiger partial charge in [0.15, 0.2) is 0 Å². The molecule has 1 N–H and O–H groups in total. The Morgan fingerprint density at radius 1 is 1.35 bits per heavy atom. The molecule has 1 aliphatic rings. The van der Waals surface area contributed by atoms with Gasteiger partial charge >= 0.3 is 5.63 Å². The van der Waals surface area contributed by atoms with E-state index in [4.69, 9.17) is 4.42 Å². The van der Waals surface area contributed by atoms with Crippen LogP contribution < -0.4 is 10.9 Å². The Kier molecular flexibility index (Phi) is 6.22. The molecule has 0 spiro atoms. The summed E-state index contributed by atoms with van der Waals surface area (Å²) >= 11 is 0. The maximum absolute atomic E-state index is 11.8. The van der Waals surface area contributed by atoms with Crippen LogP contribution in [0.2, 0.25) is 0 Å². The summed E-state index contributed by atoms with van der Waals surface area (Å²) in [5.41, 5.74) is 2.64. The number of likely N-dealkylation sites (tertiary alicyclic amines) is 1. The first kappa shape index (κ1) is 18.0. The van der Waals surface area contributed by atoms with Crippen molar-refractivity contribution in [2.24, 2.45) is 5.92 Å². The zero-order valence-electron chi connectivity index (χ0n) is 13.8. The summed E-state index contributed by atoms with van der Waals surface area (Å²) in [7, 11) is 2.01. The zero-order valence-corrected chi connectivity index (χ0v) is 14.6. The van der Waals surface area contributed by atoms with Gasteiger partial charge in [-0.1, -0.05) is 12.1 Å². The van der Waals surface area contributed by atoms with E-state index in [1.54, 1.807) is 6.07 Å². The number of fused-ring (bicyclic) bond motifs is 1. The van der Waals surface area contributed by atoms with Crippen LogP contribution in [0.3, 0.4) is 0 Å². The van der Waals surface area contributed by atoms with Crippen LogP contribution in [0.25, 0.3) is 11.0 Å². The van der Waals surface area contributed by atoms with Gasteiger partial charge < -0.3 is 9.73 Å². The van der Waals surface area contributed by atoms with Crippen molar-refractivity contribution < 1.29 is 4.42 Å². The summed E-state index contributed by atoms with van der Waals surface area (Å²) in [5.74, 6) is 0.701. The lowest BCUT2D eigenvalue weighted by Crippen LogP contribution is -2.38. The van der Waals surface area contributed by atoms with E-state index in [1.165, 1.54) is 12.8 Å². The fraction of sp³-hybridized carbons (Fsp3) is 0.500. The number of rotatable bonds is 4. The molecule has 1 aromatic carbocycles. The summed E-state index contributed by atoms with van der Waals surface area (Å²) in [6.07, 6.45) is 2.51. The molecule has 1 fully saturated rings. The van der Waals surface area contributed by atoms with Crippen molar-refractivity contribution in [3.05, 3.63) is 45.8 Å². The molecule has 0 bridgehead atoms. The fourth-order valence-electron chi connectivity index (χ4n) is 3.46. The molecule has 0 aliphatic carbocycles. The average molecular weight is 337 g/mol. The molecule has 1 atom stereocenters. The first-order valence-electron chi connectivity index (χ1n) is 8.06. The van der Waals surface area contributed by atoms with Gasteiger partial charge in [0.05, 0.1) is 0 Å². The van der Waals surface area contributed by atoms with Crippen LogP contribution in [-0.2, 0) is 6.54 Å². The highest BCUT2D eigenvalue weighted by molar-refractivity contribution is 5.85. The number of nitrogens with one attached hydrogen (secondary N) is 1. The quantitative estimate of drug-likeness (QED) is 0.872. The van der Waals surface area contributed by atoms with Crippen LogP contribution >= 0.6 is 12.4 Å². The largest absolute Gasteiger partial charge is 0.423 e. The van der Waals surface area contributed by atoms with E-state index in [2.05, 4.69) is 22.3 Å². The highest BCUT2D eigenvalue weighted by Gasteiger charge is 2.20. The molecule has 23 heavy (non-hydrogen) atoms. The van der Waals surface area contributed by atoms with Crippen LogP contribution in [0.15, 0.2) is 33.5 Å². The van der Waals surface area contributed by atoms with Crippen molar-refractivity contribution in [1.29, 1.82) is 0 Å². The molecule has 1 aromatic heterocycles. The summed E-state index contributed by atoms with van der Waals surface area (Å²) in [6.45, 7) is 6.10. The van der Waals surface area contributed by atoms with Crippen molar-refractivity contribution >= 4 is 23.4 Å². The minimum absolute atomic E-state index is 0. The van der Waals surface area contributed by atoms with Gasteiger partial charge in [-0.25, -0.2) is 4.79 Å². The Balaban J connectivity index is 0.00000192. The van der Waals surface area contributed by atoms with Crippen LogP contribution in [0, 0.1) is 12.8 Å². The SMILES string of the molecule is CNCC1CCCN(Cc2cc(=O)oc3cc(C)ccc23)C1.Cl. The fourth-order valence-corrected chi connectivity index (χ4v) is 3.46. The normalized spacial score (nSPS) is 18.8. The van der Waals surface area contributed by atoms with E-state index in [9.17, 15) is 4.79 Å². The second kappa shape index (κ2) is 7.95. The van der Waals surface area contributed by atoms with Gasteiger partial charge in [0, 0.05) is 24.5 Å². The Labute approximate surface area is 143 Å². The molecule has 2 aromatic rings. The highest BCUT2D eigenvalue weighted by Crippen LogP contribution is 2.23. The number of hydrogen-bond acceptors (Lipinski definition) is 4. The van der Waals surface area contributed by atoms with Gasteiger partial charge in [-0.05, 0) is 63.0 Å². The van der Waals surface area contributed by atoms with Gasteiger partial charge in [0.1, 0.15) is 5.58 Å². The first-order valence-corrected chi connectivity index (χ1v) is 8.06. The number of aryl methyl sites for hydroxylation is 1. The zero-order chi connectivity index (χ0) is 15.5. The standard InChI is InChI=1S/C18H24N2O2.ClH/c1-13-5-6-16-15(9-18(21)22-17(16)8-13)12-20-7-3-4-14(11-20)10-19-2;/h5-6,8-9,14,19H,3-4,7,10-12H2,1-2H3;1H.